The van der Waals surface area contributed by atoms with Gasteiger partial charge in [-0.05, 0) is 49.5 Å². The molecule has 18 heavy (non-hydrogen) atoms. The molecule has 0 heterocycles. The van der Waals surface area contributed by atoms with Gasteiger partial charge in [0.15, 0.2) is 5.11 Å². The van der Waals surface area contributed by atoms with E-state index < -0.39 is 0 Å². The largest absolute Gasteiger partial charge is 0.332 e. The summed E-state index contributed by atoms with van der Waals surface area (Å²) in [6.07, 6.45) is 0. The molecule has 0 saturated heterocycles. The first kappa shape index (κ1) is 13.1. The van der Waals surface area contributed by atoms with Gasteiger partial charge in [-0.1, -0.05) is 39.7 Å². The van der Waals surface area contributed by atoms with Crippen LogP contribution in [-0.4, -0.2) is 5.11 Å². The van der Waals surface area contributed by atoms with Gasteiger partial charge in [-0.2, -0.15) is 0 Å². The second kappa shape index (κ2) is 5.98. The third-order valence-corrected chi connectivity index (χ3v) is 3.09. The summed E-state index contributed by atoms with van der Waals surface area (Å²) in [6.45, 7) is 2.06. The van der Waals surface area contributed by atoms with Crippen LogP contribution in [0.4, 0.5) is 11.4 Å². The van der Waals surface area contributed by atoms with Crippen LogP contribution >= 0.6 is 28.1 Å². The van der Waals surface area contributed by atoms with Crippen molar-refractivity contribution in [3.63, 3.8) is 0 Å². The third-order valence-electron chi connectivity index (χ3n) is 2.39. The van der Waals surface area contributed by atoms with Crippen LogP contribution in [0.3, 0.4) is 0 Å². The maximum absolute atomic E-state index is 5.26. The lowest BCUT2D eigenvalue weighted by molar-refractivity contribution is 1.47. The fourth-order valence-electron chi connectivity index (χ4n) is 1.50. The van der Waals surface area contributed by atoms with Crippen molar-refractivity contribution in [1.82, 2.24) is 0 Å². The molecule has 0 spiro atoms. The maximum atomic E-state index is 5.26. The number of hydrogen-bond donors (Lipinski definition) is 2. The molecular formula is C14H13BrN2S. The van der Waals surface area contributed by atoms with Gasteiger partial charge < -0.3 is 10.6 Å². The van der Waals surface area contributed by atoms with Gasteiger partial charge in [0.1, 0.15) is 0 Å². The SMILES string of the molecule is Cc1ccc(NC(=S)Nc2cccc(Br)c2)cc1. The highest BCUT2D eigenvalue weighted by Gasteiger charge is 1.99. The molecule has 0 bridgehead atoms. The second-order valence-corrected chi connectivity index (χ2v) is 5.28. The van der Waals surface area contributed by atoms with Crippen molar-refractivity contribution in [3.8, 4) is 0 Å². The Hall–Kier alpha value is -1.39. The Morgan fingerprint density at radius 3 is 2.33 bits per heavy atom. The molecule has 0 saturated carbocycles. The molecule has 2 aromatic rings. The van der Waals surface area contributed by atoms with E-state index in [4.69, 9.17) is 12.2 Å². The standard InChI is InChI=1S/C14H13BrN2S/c1-10-5-7-12(8-6-10)16-14(18)17-13-4-2-3-11(15)9-13/h2-9H,1H3,(H2,16,17,18). The molecule has 0 aromatic heterocycles. The quantitative estimate of drug-likeness (QED) is 0.793. The first-order chi connectivity index (χ1) is 8.63. The van der Waals surface area contributed by atoms with Crippen LogP contribution in [0.2, 0.25) is 0 Å². The highest BCUT2D eigenvalue weighted by molar-refractivity contribution is 9.10. The van der Waals surface area contributed by atoms with Crippen molar-refractivity contribution in [1.29, 1.82) is 0 Å². The van der Waals surface area contributed by atoms with E-state index in [2.05, 4.69) is 33.5 Å². The minimum Gasteiger partial charge on any atom is -0.332 e. The summed E-state index contributed by atoms with van der Waals surface area (Å²) in [4.78, 5) is 0. The van der Waals surface area contributed by atoms with Gasteiger partial charge in [0.25, 0.3) is 0 Å². The number of rotatable bonds is 2. The fraction of sp³-hybridized carbons (Fsp3) is 0.0714. The molecule has 0 fully saturated rings. The average molecular weight is 321 g/mol. The molecule has 0 amide bonds. The Morgan fingerprint density at radius 2 is 1.67 bits per heavy atom. The van der Waals surface area contributed by atoms with Gasteiger partial charge in [-0.25, -0.2) is 0 Å². The zero-order valence-corrected chi connectivity index (χ0v) is 12.3. The van der Waals surface area contributed by atoms with E-state index in [0.717, 1.165) is 15.8 Å². The minimum absolute atomic E-state index is 0.581. The Labute approximate surface area is 121 Å². The number of thiocarbonyl (C=S) groups is 1. The molecule has 0 aliphatic rings. The third kappa shape index (κ3) is 3.82. The van der Waals surface area contributed by atoms with Crippen LogP contribution in [0.1, 0.15) is 5.56 Å². The molecule has 0 aliphatic heterocycles. The molecule has 4 heteroatoms. The maximum Gasteiger partial charge on any atom is 0.175 e. The summed E-state index contributed by atoms with van der Waals surface area (Å²) >= 11 is 8.68. The molecule has 0 atom stereocenters. The topological polar surface area (TPSA) is 24.1 Å². The van der Waals surface area contributed by atoms with Crippen LogP contribution in [-0.2, 0) is 0 Å². The molecule has 2 nitrogen and oxygen atoms in total. The van der Waals surface area contributed by atoms with Crippen LogP contribution < -0.4 is 10.6 Å². The zero-order chi connectivity index (χ0) is 13.0. The minimum atomic E-state index is 0.581. The Balaban J connectivity index is 1.98. The number of nitrogens with one attached hydrogen (secondary N) is 2. The number of anilines is 2. The van der Waals surface area contributed by atoms with Crippen molar-refractivity contribution >= 4 is 44.6 Å². The Morgan fingerprint density at radius 1 is 1.00 bits per heavy atom. The van der Waals surface area contributed by atoms with Gasteiger partial charge in [-0.15, -0.1) is 0 Å². The normalized spacial score (nSPS) is 9.89. The summed E-state index contributed by atoms with van der Waals surface area (Å²) in [5.41, 5.74) is 3.16. The highest BCUT2D eigenvalue weighted by Crippen LogP contribution is 2.16. The molecule has 0 unspecified atom stereocenters. The summed E-state index contributed by atoms with van der Waals surface area (Å²) in [5.74, 6) is 0. The van der Waals surface area contributed by atoms with Crippen LogP contribution in [0, 0.1) is 6.92 Å². The Kier molecular flexibility index (Phi) is 4.33. The average Bonchev–Trinajstić information content (AvgIpc) is 2.32. The monoisotopic (exact) mass is 320 g/mol. The zero-order valence-electron chi connectivity index (χ0n) is 9.91. The van der Waals surface area contributed by atoms with Crippen molar-refractivity contribution in [2.45, 2.75) is 6.92 Å². The number of aryl methyl sites for hydroxylation is 1. The van der Waals surface area contributed by atoms with Gasteiger partial charge in [0.05, 0.1) is 0 Å². The summed E-state index contributed by atoms with van der Waals surface area (Å²) in [6, 6.07) is 16.0. The Bertz CT molecular complexity index is 552. The molecule has 0 radical (unpaired) electrons. The first-order valence-electron chi connectivity index (χ1n) is 5.54. The lowest BCUT2D eigenvalue weighted by Gasteiger charge is -2.10. The fourth-order valence-corrected chi connectivity index (χ4v) is 2.13. The predicted molar refractivity (Wildman–Crippen MR) is 85.2 cm³/mol. The molecule has 92 valence electrons. The first-order valence-corrected chi connectivity index (χ1v) is 6.74. The van der Waals surface area contributed by atoms with Crippen molar-refractivity contribution in [2.75, 3.05) is 10.6 Å². The van der Waals surface area contributed by atoms with Gasteiger partial charge >= 0.3 is 0 Å². The smallest absolute Gasteiger partial charge is 0.175 e. The van der Waals surface area contributed by atoms with E-state index in [-0.39, 0.29) is 0 Å². The molecule has 0 aliphatic carbocycles. The van der Waals surface area contributed by atoms with Gasteiger partial charge in [-0.3, -0.25) is 0 Å². The van der Waals surface area contributed by atoms with E-state index in [1.54, 1.807) is 0 Å². The highest BCUT2D eigenvalue weighted by atomic mass is 79.9. The number of benzene rings is 2. The van der Waals surface area contributed by atoms with E-state index in [9.17, 15) is 0 Å². The van der Waals surface area contributed by atoms with E-state index >= 15 is 0 Å². The summed E-state index contributed by atoms with van der Waals surface area (Å²) < 4.78 is 1.02. The summed E-state index contributed by atoms with van der Waals surface area (Å²) in [5, 5.41) is 6.86. The van der Waals surface area contributed by atoms with Gasteiger partial charge in [0.2, 0.25) is 0 Å². The van der Waals surface area contributed by atoms with E-state index in [0.29, 0.717) is 5.11 Å². The van der Waals surface area contributed by atoms with Crippen LogP contribution in [0.25, 0.3) is 0 Å². The van der Waals surface area contributed by atoms with E-state index in [1.807, 2.05) is 48.5 Å². The van der Waals surface area contributed by atoms with Crippen LogP contribution in [0.5, 0.6) is 0 Å². The predicted octanol–water partition coefficient (Wildman–Crippen LogP) is 4.57. The second-order valence-electron chi connectivity index (χ2n) is 3.96. The van der Waals surface area contributed by atoms with Crippen molar-refractivity contribution in [3.05, 3.63) is 58.6 Å². The molecule has 2 aromatic carbocycles. The molecule has 2 N–H and O–H groups in total. The molecular weight excluding hydrogens is 308 g/mol. The van der Waals surface area contributed by atoms with Crippen molar-refractivity contribution < 1.29 is 0 Å². The lowest BCUT2D eigenvalue weighted by atomic mass is 10.2. The van der Waals surface area contributed by atoms with Crippen LogP contribution in [0.15, 0.2) is 53.0 Å². The van der Waals surface area contributed by atoms with Crippen molar-refractivity contribution in [2.24, 2.45) is 0 Å². The summed E-state index contributed by atoms with van der Waals surface area (Å²) in [7, 11) is 0. The molecule has 2 rings (SSSR count). The number of halogens is 1. The number of hydrogen-bond acceptors (Lipinski definition) is 1. The lowest BCUT2D eigenvalue weighted by Crippen LogP contribution is -2.18. The van der Waals surface area contributed by atoms with E-state index in [1.165, 1.54) is 5.56 Å². The van der Waals surface area contributed by atoms with Gasteiger partial charge in [0, 0.05) is 15.8 Å².